The lowest BCUT2D eigenvalue weighted by atomic mass is 10.1. The van der Waals surface area contributed by atoms with Gasteiger partial charge in [-0.2, -0.15) is 5.10 Å². The van der Waals surface area contributed by atoms with Crippen LogP contribution < -0.4 is 10.9 Å². The van der Waals surface area contributed by atoms with E-state index in [1.54, 1.807) is 18.2 Å². The highest BCUT2D eigenvalue weighted by atomic mass is 16.6. The van der Waals surface area contributed by atoms with Crippen LogP contribution in [0.25, 0.3) is 11.3 Å². The van der Waals surface area contributed by atoms with E-state index >= 15 is 0 Å². The molecule has 0 atom stereocenters. The second-order valence-electron chi connectivity index (χ2n) is 5.44. The molecule has 1 aromatic carbocycles. The van der Waals surface area contributed by atoms with Gasteiger partial charge in [0.1, 0.15) is 0 Å². The summed E-state index contributed by atoms with van der Waals surface area (Å²) < 4.78 is 0. The van der Waals surface area contributed by atoms with Gasteiger partial charge in [0, 0.05) is 29.8 Å². The first kappa shape index (κ1) is 15.8. The molecule has 0 aliphatic rings. The molecule has 2 rings (SSSR count). The number of rotatable bonds is 6. The first-order valence-electron chi connectivity index (χ1n) is 7.01. The molecule has 0 unspecified atom stereocenters. The second-order valence-corrected chi connectivity index (χ2v) is 5.44. The third kappa shape index (κ3) is 3.98. The summed E-state index contributed by atoms with van der Waals surface area (Å²) in [5, 5.41) is 20.3. The van der Waals surface area contributed by atoms with Crippen molar-refractivity contribution in [2.45, 2.75) is 20.4 Å². The van der Waals surface area contributed by atoms with E-state index in [4.69, 9.17) is 0 Å². The number of H-pyrrole nitrogens is 1. The summed E-state index contributed by atoms with van der Waals surface area (Å²) in [6, 6.07) is 7.76. The number of nitrogens with zero attached hydrogens (tertiary/aromatic N) is 2. The molecule has 7 nitrogen and oxygen atoms in total. The zero-order valence-electron chi connectivity index (χ0n) is 12.5. The van der Waals surface area contributed by atoms with E-state index in [-0.39, 0.29) is 11.2 Å². The molecule has 2 N–H and O–H groups in total. The Labute approximate surface area is 127 Å². The molecule has 0 spiro atoms. The van der Waals surface area contributed by atoms with Gasteiger partial charge in [-0.05, 0) is 30.7 Å². The van der Waals surface area contributed by atoms with E-state index in [0.717, 1.165) is 6.54 Å². The maximum absolute atomic E-state index is 11.8. The summed E-state index contributed by atoms with van der Waals surface area (Å²) in [7, 11) is 0. The molecule has 0 amide bonds. The molecule has 0 aliphatic heterocycles. The summed E-state index contributed by atoms with van der Waals surface area (Å²) >= 11 is 0. The average Bonchev–Trinajstić information content (AvgIpc) is 2.49. The number of nitro benzene ring substituents is 1. The van der Waals surface area contributed by atoms with Crippen LogP contribution in [0.1, 0.15) is 19.4 Å². The van der Waals surface area contributed by atoms with E-state index in [9.17, 15) is 14.9 Å². The molecule has 22 heavy (non-hydrogen) atoms. The fourth-order valence-electron chi connectivity index (χ4n) is 1.97. The van der Waals surface area contributed by atoms with E-state index in [1.165, 1.54) is 12.1 Å². The molecule has 0 saturated carbocycles. The predicted octanol–water partition coefficient (Wildman–Crippen LogP) is 2.09. The Kier molecular flexibility index (Phi) is 5.00. The summed E-state index contributed by atoms with van der Waals surface area (Å²) in [5.41, 5.74) is 1.67. The van der Waals surface area contributed by atoms with E-state index in [0.29, 0.717) is 29.3 Å². The van der Waals surface area contributed by atoms with E-state index in [1.807, 2.05) is 0 Å². The second kappa shape index (κ2) is 6.95. The summed E-state index contributed by atoms with van der Waals surface area (Å²) in [6.45, 7) is 5.45. The van der Waals surface area contributed by atoms with Crippen LogP contribution in [-0.4, -0.2) is 21.7 Å². The first-order chi connectivity index (χ1) is 10.5. The highest BCUT2D eigenvalue weighted by Gasteiger charge is 2.08. The van der Waals surface area contributed by atoms with Crippen molar-refractivity contribution in [1.82, 2.24) is 15.5 Å². The molecule has 0 saturated heterocycles. The van der Waals surface area contributed by atoms with Crippen LogP contribution in [-0.2, 0) is 6.54 Å². The summed E-state index contributed by atoms with van der Waals surface area (Å²) in [6.07, 6.45) is 0. The van der Waals surface area contributed by atoms with Gasteiger partial charge in [0.2, 0.25) is 0 Å². The van der Waals surface area contributed by atoms with E-state index in [2.05, 4.69) is 29.4 Å². The van der Waals surface area contributed by atoms with Crippen LogP contribution in [0.5, 0.6) is 0 Å². The van der Waals surface area contributed by atoms with Crippen molar-refractivity contribution in [2.75, 3.05) is 6.54 Å². The molecule has 0 fully saturated rings. The largest absolute Gasteiger partial charge is 0.312 e. The van der Waals surface area contributed by atoms with Gasteiger partial charge in [0.25, 0.3) is 11.2 Å². The zero-order valence-corrected chi connectivity index (χ0v) is 12.5. The monoisotopic (exact) mass is 302 g/mol. The number of non-ortho nitro benzene ring substituents is 1. The van der Waals surface area contributed by atoms with Crippen molar-refractivity contribution in [2.24, 2.45) is 5.92 Å². The SMILES string of the molecule is CC(C)CNCc1cc(-c2ccc([N+](=O)[O-])cc2)n[nH]c1=O. The fraction of sp³-hybridized carbons (Fsp3) is 0.333. The maximum atomic E-state index is 11.8. The van der Waals surface area contributed by atoms with Crippen LogP contribution in [0.4, 0.5) is 5.69 Å². The minimum Gasteiger partial charge on any atom is -0.312 e. The van der Waals surface area contributed by atoms with Gasteiger partial charge >= 0.3 is 0 Å². The predicted molar refractivity (Wildman–Crippen MR) is 83.5 cm³/mol. The smallest absolute Gasteiger partial charge is 0.269 e. The Morgan fingerprint density at radius 1 is 1.32 bits per heavy atom. The lowest BCUT2D eigenvalue weighted by Gasteiger charge is -2.07. The standard InChI is InChI=1S/C15H18N4O3/c1-10(2)8-16-9-12-7-14(17-18-15(12)20)11-3-5-13(6-4-11)19(21)22/h3-7,10,16H,8-9H2,1-2H3,(H,18,20). The van der Waals surface area contributed by atoms with Gasteiger partial charge in [-0.15, -0.1) is 0 Å². The third-order valence-electron chi connectivity index (χ3n) is 3.12. The topological polar surface area (TPSA) is 101 Å². The molecule has 2 aromatic rings. The Morgan fingerprint density at radius 2 is 2.00 bits per heavy atom. The molecule has 1 aromatic heterocycles. The summed E-state index contributed by atoms with van der Waals surface area (Å²) in [4.78, 5) is 22.0. The minimum atomic E-state index is -0.453. The summed E-state index contributed by atoms with van der Waals surface area (Å²) in [5.74, 6) is 0.495. The van der Waals surface area contributed by atoms with Crippen molar-refractivity contribution >= 4 is 5.69 Å². The Morgan fingerprint density at radius 3 is 2.59 bits per heavy atom. The Hall–Kier alpha value is -2.54. The van der Waals surface area contributed by atoms with Gasteiger partial charge in [-0.25, -0.2) is 5.10 Å². The van der Waals surface area contributed by atoms with Crippen LogP contribution >= 0.6 is 0 Å². The van der Waals surface area contributed by atoms with Crippen molar-refractivity contribution in [3.8, 4) is 11.3 Å². The van der Waals surface area contributed by atoms with E-state index < -0.39 is 4.92 Å². The lowest BCUT2D eigenvalue weighted by molar-refractivity contribution is -0.384. The van der Waals surface area contributed by atoms with Gasteiger partial charge in [-0.1, -0.05) is 13.8 Å². The van der Waals surface area contributed by atoms with Crippen molar-refractivity contribution in [3.63, 3.8) is 0 Å². The molecular weight excluding hydrogens is 284 g/mol. The van der Waals surface area contributed by atoms with Crippen LogP contribution in [0.15, 0.2) is 35.1 Å². The number of aromatic amines is 1. The van der Waals surface area contributed by atoms with Crippen molar-refractivity contribution in [3.05, 3.63) is 56.4 Å². The number of hydrogen-bond acceptors (Lipinski definition) is 5. The highest BCUT2D eigenvalue weighted by Crippen LogP contribution is 2.20. The van der Waals surface area contributed by atoms with Gasteiger partial charge in [0.15, 0.2) is 0 Å². The number of nitrogens with one attached hydrogen (secondary N) is 2. The molecule has 7 heteroatoms. The van der Waals surface area contributed by atoms with Crippen LogP contribution in [0, 0.1) is 16.0 Å². The normalized spacial score (nSPS) is 10.9. The third-order valence-corrected chi connectivity index (χ3v) is 3.12. The number of hydrogen-bond donors (Lipinski definition) is 2. The van der Waals surface area contributed by atoms with Gasteiger partial charge in [0.05, 0.1) is 10.6 Å². The number of nitro groups is 1. The van der Waals surface area contributed by atoms with Crippen LogP contribution in [0.3, 0.4) is 0 Å². The fourth-order valence-corrected chi connectivity index (χ4v) is 1.97. The lowest BCUT2D eigenvalue weighted by Crippen LogP contribution is -2.24. The number of aromatic nitrogens is 2. The Bertz CT molecular complexity index is 707. The van der Waals surface area contributed by atoms with Gasteiger partial charge in [-0.3, -0.25) is 14.9 Å². The molecule has 0 bridgehead atoms. The first-order valence-corrected chi connectivity index (χ1v) is 7.01. The quantitative estimate of drug-likeness (QED) is 0.628. The Balaban J connectivity index is 2.21. The zero-order chi connectivity index (χ0) is 16.1. The molecule has 1 heterocycles. The molecule has 116 valence electrons. The molecule has 0 radical (unpaired) electrons. The van der Waals surface area contributed by atoms with Crippen molar-refractivity contribution < 1.29 is 4.92 Å². The number of benzene rings is 1. The van der Waals surface area contributed by atoms with Crippen molar-refractivity contribution in [1.29, 1.82) is 0 Å². The minimum absolute atomic E-state index is 0.0204. The highest BCUT2D eigenvalue weighted by molar-refractivity contribution is 5.60. The van der Waals surface area contributed by atoms with Gasteiger partial charge < -0.3 is 5.32 Å². The molecule has 0 aliphatic carbocycles. The maximum Gasteiger partial charge on any atom is 0.269 e. The molecular formula is C15H18N4O3. The average molecular weight is 302 g/mol. The van der Waals surface area contributed by atoms with Crippen LogP contribution in [0.2, 0.25) is 0 Å².